The van der Waals surface area contributed by atoms with Gasteiger partial charge in [0.1, 0.15) is 85.5 Å². The zero-order chi connectivity index (χ0) is 77.0. The third kappa shape index (κ3) is 48.5. The third-order valence-electron chi connectivity index (χ3n) is 13.5. The number of methoxy groups -OCH3 is 1. The van der Waals surface area contributed by atoms with E-state index in [0.717, 1.165) is 18.2 Å². The van der Waals surface area contributed by atoms with E-state index in [9.17, 15) is 112 Å². The first-order valence-electron chi connectivity index (χ1n) is 26.6. The van der Waals surface area contributed by atoms with Crippen LogP contribution in [0.25, 0.3) is 0 Å². The Morgan fingerprint density at radius 2 is 0.714 bits per heavy atom. The SMILES string of the molecule is CC1[C@@H](O[C@@H]2OC(C(=O)[O-])[C@@H](O)[C@H](O)C2O)[C@H](O)C(COS(=O)(=O)[O-])O[C@@H]1C.CC1[C@@H](O[C@@H]2OC(C(=O)[O-])[C@@H](O)[C@H](O)C2O)[CH-]C(CO)O[C@@H]1C.CO[C@H]1OC(COS(=O)(=O)[O-])[CH-][C@H](O[C@@H]2OC(C(=O)[O-])[C@@H](O)[C@H](O)C2O)C1C.N=C=O.N=C=O.N=C=O.O=S(=O)([O-])O.O=S(=O)([O-])O.[Na+].[Na+].[Na+].[Na+].[Na+].[Na+].[Na+]. The van der Waals surface area contributed by atoms with E-state index in [0.29, 0.717) is 0 Å². The molecule has 0 aromatic heterocycles. The molecular weight excluding hydrogens is 1610 g/mol. The smallest absolute Gasteiger partial charge is 0.726 e. The molecule has 0 amide bonds. The van der Waals surface area contributed by atoms with Gasteiger partial charge in [-0.25, -0.2) is 64.3 Å². The maximum absolute atomic E-state index is 11.1. The first-order valence-corrected chi connectivity index (χ1v) is 32.0. The fourth-order valence-electron chi connectivity index (χ4n) is 8.63. The summed E-state index contributed by atoms with van der Waals surface area (Å²) < 4.78 is 191. The fraction of sp³-hybridized carbons (Fsp3) is 0.822. The Morgan fingerprint density at radius 1 is 0.429 bits per heavy atom. The van der Waals surface area contributed by atoms with Crippen LogP contribution in [0.3, 0.4) is 0 Å². The van der Waals surface area contributed by atoms with E-state index in [2.05, 4.69) is 8.37 Å². The molecule has 0 bridgehead atoms. The number of ether oxygens (including phenoxy) is 10. The molecule has 0 aromatic rings. The summed E-state index contributed by atoms with van der Waals surface area (Å²) in [6.45, 7) is 6.62. The second kappa shape index (κ2) is 60.6. The van der Waals surface area contributed by atoms with Gasteiger partial charge in [-0.15, -0.1) is 0 Å². The zero-order valence-electron chi connectivity index (χ0n) is 57.9. The van der Waals surface area contributed by atoms with Gasteiger partial charge < -0.3 is 151 Å². The van der Waals surface area contributed by atoms with Crippen molar-refractivity contribution < 1.29 is 424 Å². The van der Waals surface area contributed by atoms with Crippen LogP contribution in [0, 0.1) is 46.8 Å². The van der Waals surface area contributed by atoms with Crippen molar-refractivity contribution in [3.8, 4) is 0 Å². The molecule has 49 nitrogen and oxygen atoms in total. The van der Waals surface area contributed by atoms with Gasteiger partial charge in [-0.2, -0.15) is 0 Å². The number of aliphatic hydroxyl groups is 11. The molecule has 0 spiro atoms. The van der Waals surface area contributed by atoms with Gasteiger partial charge in [0.25, 0.3) is 0 Å². The summed E-state index contributed by atoms with van der Waals surface area (Å²) in [5.41, 5.74) is 0. The van der Waals surface area contributed by atoms with Crippen LogP contribution in [0.1, 0.15) is 34.6 Å². The number of carbonyl (C=O) groups is 3. The van der Waals surface area contributed by atoms with E-state index in [1.54, 1.807) is 34.1 Å². The van der Waals surface area contributed by atoms with Crippen LogP contribution >= 0.6 is 0 Å². The second-order valence-electron chi connectivity index (χ2n) is 20.2. The number of aliphatic carboxylic acids is 3. The van der Waals surface area contributed by atoms with Crippen LogP contribution in [0.5, 0.6) is 0 Å². The van der Waals surface area contributed by atoms with Crippen molar-refractivity contribution in [2.24, 2.45) is 17.8 Å². The zero-order valence-corrected chi connectivity index (χ0v) is 75.1. The Kier molecular flexibility index (Phi) is 72.4. The molecule has 6 saturated heterocycles. The molecule has 60 heteroatoms. The van der Waals surface area contributed by atoms with Crippen LogP contribution < -0.4 is 222 Å². The molecule has 0 saturated carbocycles. The molecule has 6 aliphatic heterocycles. The summed E-state index contributed by atoms with van der Waals surface area (Å²) in [6, 6.07) is 0. The van der Waals surface area contributed by atoms with Crippen LogP contribution in [0.15, 0.2) is 0 Å². The number of rotatable bonds is 17. The number of carbonyl (C=O) groups excluding carboxylic acids is 6. The summed E-state index contributed by atoms with van der Waals surface area (Å²) >= 11 is 0. The Balaban J connectivity index is -0.000000162. The van der Waals surface area contributed by atoms with Gasteiger partial charge in [-0.3, -0.25) is 30.3 Å². The first kappa shape index (κ1) is 125. The summed E-state index contributed by atoms with van der Waals surface area (Å²) in [7, 11) is -18.6. The summed E-state index contributed by atoms with van der Waals surface area (Å²) in [5.74, 6) is -6.70. The average Bonchev–Trinajstić information content (AvgIpc) is 0.801. The third-order valence-corrected chi connectivity index (χ3v) is 14.4. The number of hydrogen-bond donors (Lipinski definition) is 16. The molecule has 0 radical (unpaired) electrons. The van der Waals surface area contributed by atoms with E-state index < -0.39 is 232 Å². The summed E-state index contributed by atoms with van der Waals surface area (Å²) in [4.78, 5) is 58.1. The number of carboxylic acid groups (broad SMARTS) is 3. The van der Waals surface area contributed by atoms with Gasteiger partial charge in [0, 0.05) is 25.6 Å². The van der Waals surface area contributed by atoms with Crippen LogP contribution in [-0.4, -0.2) is 334 Å². The standard InChI is InChI=1S/C14H23O13S.C14H24O13S.C14H23O9.3CHNO.7Na.2H2O4S/c1-5-7(3-6(25-13(5)23-2)4-24-28(20,21)22)26-14-10(17)8(15)9(16)11(27-14)12(18)19;1-4-5(2)25-6(3-24-28(21,22)23)7(15)11(4)26-14-10(18)8(16)9(17)12(27-14)13(19)20;1-5-6(2)21-7(4-15)3-8(5)22-14-11(18)9(16)10(17)12(23-14)13(19)20;3*2-1-3;;;;;;;;2*1-5(2,3)4/h3,5-11,13-17H,4H2,1-2H3,(H,18,19)(H,20,21,22);4-12,14-18H,3H2,1-2H3,(H,19,20)(H,21,22,23);3,5-12,14-18H,4H2,1-2H3,(H,19,20);3*2H;;;;;;;;2*(H2,1,2,3,4)/q-1;;-1;;;;7*+1;;/p-7/t5?,6?,7-,8-,9-,10?,11?,13-,14+;4?,5-,6?,7-,8+,9+,10?,11-,12?,14-;5?,6-,7?,8+,9+,10+,11?,12?,14-;;;;;;;;;;;;/m011............/s1. The van der Waals surface area contributed by atoms with E-state index >= 15 is 0 Å². The molecule has 105 heavy (non-hydrogen) atoms. The topological polar surface area (TPSA) is 846 Å². The Hall–Kier alpha value is 2.19. The number of isocyanates is 3. The van der Waals surface area contributed by atoms with Crippen LogP contribution in [-0.2, 0) is 126 Å². The number of carboxylic acids is 3. The molecule has 574 valence electrons. The summed E-state index contributed by atoms with van der Waals surface area (Å²) in [5, 5.41) is 157. The molecule has 28 atom stereocenters. The van der Waals surface area contributed by atoms with Crippen molar-refractivity contribution in [2.75, 3.05) is 26.9 Å². The normalized spacial score (nSPS) is 35.2. The van der Waals surface area contributed by atoms with E-state index in [-0.39, 0.29) is 226 Å². The van der Waals surface area contributed by atoms with E-state index in [1.165, 1.54) is 13.5 Å². The molecule has 0 aromatic carbocycles. The largest absolute Gasteiger partial charge is 1.00 e. The van der Waals surface area contributed by atoms with Gasteiger partial charge in [0.05, 0.1) is 49.4 Å². The van der Waals surface area contributed by atoms with Crippen molar-refractivity contribution in [2.45, 2.75) is 188 Å². The minimum atomic E-state index is -5.04. The average molecular weight is 1680 g/mol. The fourth-order valence-corrected chi connectivity index (χ4v) is 9.23. The Bertz CT molecular complexity index is 2950. The number of hydrogen-bond acceptors (Lipinski definition) is 47. The van der Waals surface area contributed by atoms with Gasteiger partial charge in [-0.05, 0) is 32.0 Å². The number of aliphatic hydroxyl groups excluding tert-OH is 11. The minimum Gasteiger partial charge on any atom is -0.726 e. The first-order chi connectivity index (χ1) is 44.8. The van der Waals surface area contributed by atoms with Gasteiger partial charge >= 0.3 is 207 Å². The molecule has 0 aliphatic carbocycles. The van der Waals surface area contributed by atoms with Crippen molar-refractivity contribution in [1.82, 2.24) is 0 Å². The van der Waals surface area contributed by atoms with Crippen LogP contribution in [0.2, 0.25) is 0 Å². The second-order valence-corrected chi connectivity index (χ2v) is 24.0. The maximum Gasteiger partial charge on any atom is 1.00 e. The van der Waals surface area contributed by atoms with Crippen molar-refractivity contribution >= 4 is 77.7 Å². The molecule has 6 heterocycles. The predicted octanol–water partition coefficient (Wildman–Crippen LogP) is -35.9. The van der Waals surface area contributed by atoms with E-state index in [4.69, 9.17) is 113 Å². The van der Waals surface area contributed by atoms with Crippen LogP contribution in [0.4, 0.5) is 0 Å². The van der Waals surface area contributed by atoms with E-state index in [1.807, 2.05) is 6.92 Å². The molecule has 6 rings (SSSR count). The Labute approximate surface area is 753 Å². The monoisotopic (exact) mass is 1680 g/mol. The van der Waals surface area contributed by atoms with Gasteiger partial charge in [0.15, 0.2) is 25.2 Å². The number of nitrogens with one attached hydrogen (secondary N) is 3. The van der Waals surface area contributed by atoms with Crippen molar-refractivity contribution in [1.29, 1.82) is 16.2 Å². The minimum absolute atomic E-state index is 0. The van der Waals surface area contributed by atoms with Gasteiger partial charge in [0.2, 0.25) is 59.8 Å². The summed E-state index contributed by atoms with van der Waals surface area (Å²) in [6.07, 6.45) is -31.3. The Morgan fingerprint density at radius 3 is 1.01 bits per heavy atom. The molecule has 6 fully saturated rings. The molecule has 6 aliphatic rings. The molecule has 12 unspecified atom stereocenters. The molecule has 16 N–H and O–H groups in total. The van der Waals surface area contributed by atoms with Crippen molar-refractivity contribution in [3.05, 3.63) is 12.8 Å². The molecular formula is C45H70N3Na7O46S4-2. The quantitative estimate of drug-likeness (QED) is 0.0161. The van der Waals surface area contributed by atoms with Crippen molar-refractivity contribution in [3.63, 3.8) is 0 Å². The maximum atomic E-state index is 11.1. The predicted molar refractivity (Wildman–Crippen MR) is 284 cm³/mol. The van der Waals surface area contributed by atoms with Gasteiger partial charge in [-0.1, -0.05) is 33.0 Å².